The van der Waals surface area contributed by atoms with Crippen LogP contribution in [-0.2, 0) is 0 Å². The van der Waals surface area contributed by atoms with E-state index >= 15 is 0 Å². The number of amides is 1. The van der Waals surface area contributed by atoms with Gasteiger partial charge in [-0.15, -0.1) is 10.2 Å². The van der Waals surface area contributed by atoms with Gasteiger partial charge < -0.3 is 4.74 Å². The van der Waals surface area contributed by atoms with E-state index in [0.717, 1.165) is 22.3 Å². The van der Waals surface area contributed by atoms with E-state index in [0.29, 0.717) is 17.3 Å². The topological polar surface area (TPSA) is 64.1 Å². The van der Waals surface area contributed by atoms with E-state index in [9.17, 15) is 4.79 Å². The van der Waals surface area contributed by atoms with E-state index < -0.39 is 0 Å². The Balaban J connectivity index is 1.42. The maximum Gasteiger partial charge on any atom is 0.257 e. The smallest absolute Gasteiger partial charge is 0.257 e. The number of carbonyl (C=O) groups is 1. The minimum atomic E-state index is -0.203. The van der Waals surface area contributed by atoms with Crippen LogP contribution in [0.25, 0.3) is 6.08 Å². The zero-order valence-electron chi connectivity index (χ0n) is 17.6. The second kappa shape index (κ2) is 12.9. The lowest BCUT2D eigenvalue weighted by Crippen LogP contribution is -2.11. The summed E-state index contributed by atoms with van der Waals surface area (Å²) < 4.78 is 6.54. The Morgan fingerprint density at radius 1 is 1.06 bits per heavy atom. The van der Waals surface area contributed by atoms with E-state index in [1.165, 1.54) is 36.2 Å². The molecule has 0 bridgehead atoms. The lowest BCUT2D eigenvalue weighted by molar-refractivity contribution is 0.102. The van der Waals surface area contributed by atoms with Gasteiger partial charge in [0, 0.05) is 11.3 Å². The number of anilines is 1. The fourth-order valence-electron chi connectivity index (χ4n) is 2.78. The van der Waals surface area contributed by atoms with Crippen molar-refractivity contribution >= 4 is 40.2 Å². The molecule has 0 atom stereocenters. The van der Waals surface area contributed by atoms with E-state index in [1.807, 2.05) is 30.3 Å². The lowest BCUT2D eigenvalue weighted by Gasteiger charge is -2.07. The van der Waals surface area contributed by atoms with E-state index in [2.05, 4.69) is 46.7 Å². The molecular formula is C24H27N3O2S2. The van der Waals surface area contributed by atoms with Gasteiger partial charge >= 0.3 is 0 Å². The van der Waals surface area contributed by atoms with Gasteiger partial charge in [-0.25, -0.2) is 0 Å². The van der Waals surface area contributed by atoms with Crippen molar-refractivity contribution in [3.63, 3.8) is 0 Å². The molecule has 1 amide bonds. The van der Waals surface area contributed by atoms with E-state index in [4.69, 9.17) is 4.74 Å². The Labute approximate surface area is 192 Å². The molecule has 1 N–H and O–H groups in total. The SMILES string of the molecule is CCCCCCOc1ccc(C(=O)Nc2nnc(SC/C=C/c3ccccc3)s2)cc1. The van der Waals surface area contributed by atoms with Gasteiger partial charge in [-0.3, -0.25) is 10.1 Å². The number of ether oxygens (including phenoxy) is 1. The first-order chi connectivity index (χ1) is 15.2. The van der Waals surface area contributed by atoms with Gasteiger partial charge in [-0.05, 0) is 36.2 Å². The molecule has 0 spiro atoms. The molecule has 0 aliphatic heterocycles. The third kappa shape index (κ3) is 8.19. The molecule has 0 fully saturated rings. The minimum absolute atomic E-state index is 0.203. The first-order valence-electron chi connectivity index (χ1n) is 10.5. The monoisotopic (exact) mass is 453 g/mol. The highest BCUT2D eigenvalue weighted by atomic mass is 32.2. The van der Waals surface area contributed by atoms with Gasteiger partial charge in [0.05, 0.1) is 6.61 Å². The molecule has 0 radical (unpaired) electrons. The quantitative estimate of drug-likeness (QED) is 0.191. The molecule has 0 saturated heterocycles. The average molecular weight is 454 g/mol. The highest BCUT2D eigenvalue weighted by Gasteiger charge is 2.10. The Morgan fingerprint density at radius 3 is 2.65 bits per heavy atom. The van der Waals surface area contributed by atoms with Crippen LogP contribution in [0.3, 0.4) is 0 Å². The number of unbranched alkanes of at least 4 members (excludes halogenated alkanes) is 3. The predicted molar refractivity (Wildman–Crippen MR) is 130 cm³/mol. The van der Waals surface area contributed by atoms with Gasteiger partial charge in [-0.1, -0.05) is 91.8 Å². The Morgan fingerprint density at radius 2 is 1.87 bits per heavy atom. The van der Waals surface area contributed by atoms with Crippen molar-refractivity contribution in [3.05, 3.63) is 71.8 Å². The summed E-state index contributed by atoms with van der Waals surface area (Å²) >= 11 is 2.96. The molecule has 0 aliphatic rings. The Kier molecular flexibility index (Phi) is 9.60. The van der Waals surface area contributed by atoms with Gasteiger partial charge in [0.25, 0.3) is 5.91 Å². The molecular weight excluding hydrogens is 426 g/mol. The molecule has 5 nitrogen and oxygen atoms in total. The van der Waals surface area contributed by atoms with E-state index in [1.54, 1.807) is 23.9 Å². The summed E-state index contributed by atoms with van der Waals surface area (Å²) in [6, 6.07) is 17.3. The maximum absolute atomic E-state index is 12.5. The molecule has 7 heteroatoms. The molecule has 0 saturated carbocycles. The molecule has 2 aromatic carbocycles. The summed E-state index contributed by atoms with van der Waals surface area (Å²) in [5, 5.41) is 11.5. The molecule has 3 rings (SSSR count). The molecule has 162 valence electrons. The number of aromatic nitrogens is 2. The number of hydrogen-bond donors (Lipinski definition) is 1. The van der Waals surface area contributed by atoms with Crippen LogP contribution in [0.15, 0.2) is 65.0 Å². The van der Waals surface area contributed by atoms with Crippen LogP contribution in [0.1, 0.15) is 48.5 Å². The fraction of sp³-hybridized carbons (Fsp3) is 0.292. The number of benzene rings is 2. The van der Waals surface area contributed by atoms with Crippen molar-refractivity contribution in [2.75, 3.05) is 17.7 Å². The van der Waals surface area contributed by atoms with Crippen LogP contribution in [0.4, 0.5) is 5.13 Å². The highest BCUT2D eigenvalue weighted by Crippen LogP contribution is 2.26. The number of thioether (sulfide) groups is 1. The Bertz CT molecular complexity index is 956. The van der Waals surface area contributed by atoms with Crippen molar-refractivity contribution in [2.45, 2.75) is 36.9 Å². The van der Waals surface area contributed by atoms with Crippen molar-refractivity contribution < 1.29 is 9.53 Å². The van der Waals surface area contributed by atoms with Crippen LogP contribution < -0.4 is 10.1 Å². The fourth-order valence-corrected chi connectivity index (χ4v) is 4.36. The zero-order chi connectivity index (χ0) is 21.7. The summed E-state index contributed by atoms with van der Waals surface area (Å²) in [5.41, 5.74) is 1.73. The largest absolute Gasteiger partial charge is 0.494 e. The molecule has 31 heavy (non-hydrogen) atoms. The number of nitrogens with one attached hydrogen (secondary N) is 1. The lowest BCUT2D eigenvalue weighted by atomic mass is 10.2. The second-order valence-electron chi connectivity index (χ2n) is 6.88. The predicted octanol–water partition coefficient (Wildman–Crippen LogP) is 6.56. The van der Waals surface area contributed by atoms with Crippen LogP contribution in [0.5, 0.6) is 5.75 Å². The van der Waals surface area contributed by atoms with Crippen molar-refractivity contribution in [3.8, 4) is 5.75 Å². The normalized spacial score (nSPS) is 11.0. The van der Waals surface area contributed by atoms with Gasteiger partial charge in [-0.2, -0.15) is 0 Å². The van der Waals surface area contributed by atoms with Crippen LogP contribution in [0.2, 0.25) is 0 Å². The van der Waals surface area contributed by atoms with Crippen LogP contribution in [0, 0.1) is 0 Å². The minimum Gasteiger partial charge on any atom is -0.494 e. The molecule has 1 heterocycles. The molecule has 3 aromatic rings. The molecule has 0 unspecified atom stereocenters. The van der Waals surface area contributed by atoms with Crippen LogP contribution >= 0.6 is 23.1 Å². The van der Waals surface area contributed by atoms with Crippen LogP contribution in [-0.4, -0.2) is 28.5 Å². The van der Waals surface area contributed by atoms with Gasteiger partial charge in [0.1, 0.15) is 5.75 Å². The van der Waals surface area contributed by atoms with Crippen molar-refractivity contribution in [1.82, 2.24) is 10.2 Å². The second-order valence-corrected chi connectivity index (χ2v) is 9.13. The molecule has 1 aromatic heterocycles. The van der Waals surface area contributed by atoms with Crippen molar-refractivity contribution in [1.29, 1.82) is 0 Å². The summed E-state index contributed by atoms with van der Waals surface area (Å²) in [6.45, 7) is 2.90. The Hall–Kier alpha value is -2.64. The summed E-state index contributed by atoms with van der Waals surface area (Å²) in [6.07, 6.45) is 8.85. The summed E-state index contributed by atoms with van der Waals surface area (Å²) in [4.78, 5) is 12.5. The number of hydrogen-bond acceptors (Lipinski definition) is 6. The average Bonchev–Trinajstić information content (AvgIpc) is 3.25. The third-order valence-electron chi connectivity index (χ3n) is 4.42. The number of rotatable bonds is 12. The zero-order valence-corrected chi connectivity index (χ0v) is 19.3. The summed E-state index contributed by atoms with van der Waals surface area (Å²) in [7, 11) is 0. The maximum atomic E-state index is 12.5. The van der Waals surface area contributed by atoms with Gasteiger partial charge in [0.2, 0.25) is 5.13 Å². The molecule has 0 aliphatic carbocycles. The highest BCUT2D eigenvalue weighted by molar-refractivity contribution is 8.01. The first kappa shape index (κ1) is 23.0. The standard InChI is InChI=1S/C24H27N3O2S2/c1-2-3-4-8-17-29-21-15-13-20(14-16-21)22(28)25-23-26-27-24(31-23)30-18-9-12-19-10-6-5-7-11-19/h5-7,9-16H,2-4,8,17-18H2,1H3,(H,25,26,28)/b12-9+. The van der Waals surface area contributed by atoms with Gasteiger partial charge in [0.15, 0.2) is 4.34 Å². The van der Waals surface area contributed by atoms with E-state index in [-0.39, 0.29) is 5.91 Å². The summed E-state index contributed by atoms with van der Waals surface area (Å²) in [5.74, 6) is 1.37. The number of carbonyl (C=O) groups excluding carboxylic acids is 1. The first-order valence-corrected chi connectivity index (χ1v) is 12.3. The third-order valence-corrected chi connectivity index (χ3v) is 6.35. The van der Waals surface area contributed by atoms with Crippen molar-refractivity contribution in [2.24, 2.45) is 0 Å². The number of nitrogens with zero attached hydrogens (tertiary/aromatic N) is 2.